The summed E-state index contributed by atoms with van der Waals surface area (Å²) in [6.07, 6.45) is 7.69. The molecule has 0 N–H and O–H groups in total. The number of hydrogen-bond donors (Lipinski definition) is 0. The molecule has 0 spiro atoms. The van der Waals surface area contributed by atoms with Gasteiger partial charge in [0.1, 0.15) is 7.05 Å². The Morgan fingerprint density at radius 2 is 1.51 bits per heavy atom. The van der Waals surface area contributed by atoms with E-state index in [9.17, 15) is 1.37 Å². The number of nitrogens with zero attached hydrogens (tertiary/aromatic N) is 2. The largest absolute Gasteiger partial charge is 0.307 e. The fraction of sp³-hybridized carbons (Fsp3) is 0.229. The Hall–Kier alpha value is -3.91. The van der Waals surface area contributed by atoms with Gasteiger partial charge in [-0.05, 0) is 54.3 Å². The van der Waals surface area contributed by atoms with E-state index in [0.717, 1.165) is 25.7 Å². The van der Waals surface area contributed by atoms with Crippen molar-refractivity contribution in [2.45, 2.75) is 44.9 Å². The minimum absolute atomic E-state index is 0.510. The van der Waals surface area contributed by atoms with Crippen LogP contribution in [0, 0.1) is 6.92 Å². The SMILES string of the molecule is [2H]C1(c2ccc3c4ccc(C)c(-c5cc6ccccc6c[n+]5C)c4n4c5ccccc5c2c34)CCCCC1. The summed E-state index contributed by atoms with van der Waals surface area (Å²) in [4.78, 5) is 0. The molecule has 2 nitrogen and oxygen atoms in total. The van der Waals surface area contributed by atoms with Crippen LogP contribution >= 0.6 is 0 Å². The Bertz CT molecular complexity index is 2040. The van der Waals surface area contributed by atoms with Gasteiger partial charge >= 0.3 is 0 Å². The molecule has 37 heavy (non-hydrogen) atoms. The molecule has 1 aliphatic rings. The second-order valence-corrected chi connectivity index (χ2v) is 11.0. The van der Waals surface area contributed by atoms with Gasteiger partial charge < -0.3 is 4.40 Å². The lowest BCUT2D eigenvalue weighted by Gasteiger charge is -2.23. The molecule has 1 fully saturated rings. The van der Waals surface area contributed by atoms with Gasteiger partial charge in [-0.25, -0.2) is 4.57 Å². The number of aromatic nitrogens is 2. The molecular formula is C35H31N2+. The molecule has 7 aromatic rings. The smallest absolute Gasteiger partial charge is 0.215 e. The third kappa shape index (κ3) is 2.90. The van der Waals surface area contributed by atoms with E-state index in [0.29, 0.717) is 0 Å². The van der Waals surface area contributed by atoms with Crippen molar-refractivity contribution in [1.82, 2.24) is 4.40 Å². The van der Waals surface area contributed by atoms with Gasteiger partial charge in [0, 0.05) is 34.4 Å². The van der Waals surface area contributed by atoms with Crippen LogP contribution in [0.4, 0.5) is 0 Å². The Labute approximate surface area is 218 Å². The fourth-order valence-corrected chi connectivity index (χ4v) is 7.09. The monoisotopic (exact) mass is 480 g/mol. The molecule has 1 aliphatic carbocycles. The van der Waals surface area contributed by atoms with E-state index < -0.39 is 5.89 Å². The van der Waals surface area contributed by atoms with E-state index in [2.05, 4.69) is 108 Å². The zero-order valence-electron chi connectivity index (χ0n) is 22.5. The molecule has 2 heteroatoms. The van der Waals surface area contributed by atoms with Gasteiger partial charge in [-0.1, -0.05) is 79.9 Å². The van der Waals surface area contributed by atoms with Gasteiger partial charge in [-0.2, -0.15) is 0 Å². The minimum Gasteiger partial charge on any atom is -0.307 e. The Kier molecular flexibility index (Phi) is 4.25. The quantitative estimate of drug-likeness (QED) is 0.218. The molecule has 0 bridgehead atoms. The van der Waals surface area contributed by atoms with Crippen LogP contribution in [0.25, 0.3) is 60.1 Å². The summed E-state index contributed by atoms with van der Waals surface area (Å²) >= 11 is 0. The fourth-order valence-electron chi connectivity index (χ4n) is 7.09. The van der Waals surface area contributed by atoms with Crippen LogP contribution in [-0.2, 0) is 7.05 Å². The van der Waals surface area contributed by atoms with E-state index in [1.165, 1.54) is 77.7 Å². The minimum atomic E-state index is -0.510. The van der Waals surface area contributed by atoms with Crippen molar-refractivity contribution in [3.05, 3.63) is 96.2 Å². The zero-order valence-corrected chi connectivity index (χ0v) is 21.5. The maximum atomic E-state index is 9.58. The molecule has 0 aliphatic heterocycles. The highest BCUT2D eigenvalue weighted by Gasteiger charge is 2.27. The van der Waals surface area contributed by atoms with E-state index >= 15 is 0 Å². The number of hydrogen-bond acceptors (Lipinski definition) is 0. The van der Waals surface area contributed by atoms with Crippen molar-refractivity contribution in [1.29, 1.82) is 0 Å². The van der Waals surface area contributed by atoms with Crippen LogP contribution in [0.15, 0.2) is 85.1 Å². The van der Waals surface area contributed by atoms with Crippen LogP contribution in [-0.4, -0.2) is 4.40 Å². The number of benzene rings is 4. The zero-order chi connectivity index (χ0) is 25.6. The predicted octanol–water partition coefficient (Wildman–Crippen LogP) is 8.84. The van der Waals surface area contributed by atoms with Crippen molar-refractivity contribution in [3.8, 4) is 11.3 Å². The molecule has 180 valence electrons. The van der Waals surface area contributed by atoms with Gasteiger partial charge in [0.2, 0.25) is 5.69 Å². The number of fused-ring (bicyclic) bond motifs is 7. The third-order valence-electron chi connectivity index (χ3n) is 8.81. The summed E-state index contributed by atoms with van der Waals surface area (Å²) in [5.41, 5.74) is 8.80. The van der Waals surface area contributed by atoms with E-state index in [1.807, 2.05) is 0 Å². The topological polar surface area (TPSA) is 8.29 Å². The molecule has 4 aromatic carbocycles. The third-order valence-corrected chi connectivity index (χ3v) is 8.81. The molecule has 8 rings (SSSR count). The summed E-state index contributed by atoms with van der Waals surface area (Å²) in [5.74, 6) is -0.510. The van der Waals surface area contributed by atoms with Crippen molar-refractivity contribution < 1.29 is 5.94 Å². The standard InChI is InChI=1S/C35H31N2/c1-22-16-17-27-28-19-18-26(23-10-4-3-5-11-23)33-29-14-8-9-15-30(29)37(35(28)33)34(27)32(22)31-20-24-12-6-7-13-25(24)21-36(31)2/h6-9,12-21,23H,3-5,10-11H2,1-2H3/q+1/i23D. The normalized spacial score (nSPS) is 16.4. The van der Waals surface area contributed by atoms with Crippen molar-refractivity contribution in [2.24, 2.45) is 7.05 Å². The lowest BCUT2D eigenvalue weighted by molar-refractivity contribution is -0.659. The van der Waals surface area contributed by atoms with Crippen LogP contribution in [0.5, 0.6) is 0 Å². The molecule has 0 saturated heterocycles. The summed E-state index contributed by atoms with van der Waals surface area (Å²) in [7, 11) is 2.16. The number of pyridine rings is 1. The van der Waals surface area contributed by atoms with Crippen LogP contribution < -0.4 is 4.57 Å². The lowest BCUT2D eigenvalue weighted by atomic mass is 9.82. The van der Waals surface area contributed by atoms with Gasteiger partial charge in [0.25, 0.3) is 0 Å². The number of para-hydroxylation sites is 1. The van der Waals surface area contributed by atoms with Gasteiger partial charge in [-0.3, -0.25) is 0 Å². The van der Waals surface area contributed by atoms with Crippen LogP contribution in [0.3, 0.4) is 0 Å². The summed E-state index contributed by atoms with van der Waals surface area (Å²) in [6.45, 7) is 2.24. The maximum absolute atomic E-state index is 9.58. The predicted molar refractivity (Wildman–Crippen MR) is 156 cm³/mol. The van der Waals surface area contributed by atoms with Crippen molar-refractivity contribution in [2.75, 3.05) is 0 Å². The number of aryl methyl sites for hydroxylation is 2. The molecule has 1 saturated carbocycles. The highest BCUT2D eigenvalue weighted by Crippen LogP contribution is 2.47. The van der Waals surface area contributed by atoms with Crippen LogP contribution in [0.2, 0.25) is 0 Å². The Morgan fingerprint density at radius 3 is 2.38 bits per heavy atom. The maximum Gasteiger partial charge on any atom is 0.215 e. The first-order chi connectivity index (χ1) is 18.5. The second kappa shape index (κ2) is 7.79. The summed E-state index contributed by atoms with van der Waals surface area (Å²) in [6, 6.07) is 29.0. The highest BCUT2D eigenvalue weighted by atomic mass is 14.9. The van der Waals surface area contributed by atoms with E-state index in [1.54, 1.807) is 0 Å². The summed E-state index contributed by atoms with van der Waals surface area (Å²) in [5, 5.41) is 7.65. The summed E-state index contributed by atoms with van der Waals surface area (Å²) < 4.78 is 14.4. The first-order valence-electron chi connectivity index (χ1n) is 14.1. The molecule has 3 heterocycles. The van der Waals surface area contributed by atoms with Crippen LogP contribution in [0.1, 0.15) is 50.5 Å². The van der Waals surface area contributed by atoms with Crippen molar-refractivity contribution in [3.63, 3.8) is 0 Å². The average Bonchev–Trinajstić information content (AvgIpc) is 3.45. The Balaban J connectivity index is 1.56. The first-order valence-corrected chi connectivity index (χ1v) is 13.6. The van der Waals surface area contributed by atoms with Gasteiger partial charge in [0.15, 0.2) is 6.20 Å². The van der Waals surface area contributed by atoms with E-state index in [4.69, 9.17) is 0 Å². The molecule has 0 amide bonds. The molecular weight excluding hydrogens is 448 g/mol. The lowest BCUT2D eigenvalue weighted by Crippen LogP contribution is -2.30. The van der Waals surface area contributed by atoms with Gasteiger partial charge in [-0.15, -0.1) is 0 Å². The van der Waals surface area contributed by atoms with Crippen molar-refractivity contribution >= 4 is 48.9 Å². The van der Waals surface area contributed by atoms with Gasteiger partial charge in [0.05, 0.1) is 22.1 Å². The molecule has 0 radical (unpaired) electrons. The number of rotatable bonds is 2. The van der Waals surface area contributed by atoms with E-state index in [-0.39, 0.29) is 0 Å². The molecule has 3 aromatic heterocycles. The molecule has 0 atom stereocenters. The first kappa shape index (κ1) is 20.2. The highest BCUT2D eigenvalue weighted by molar-refractivity contribution is 6.26. The Morgan fingerprint density at radius 1 is 0.784 bits per heavy atom. The average molecular weight is 481 g/mol. The molecule has 0 unspecified atom stereocenters. The second-order valence-electron chi connectivity index (χ2n) is 11.0.